The Morgan fingerprint density at radius 2 is 0.771 bits per heavy atom. The molecule has 0 spiro atoms. The number of ether oxygens (including phenoxy) is 1. The highest BCUT2D eigenvalue weighted by Crippen LogP contribution is 2.43. The van der Waals surface area contributed by atoms with E-state index in [9.17, 15) is 19.0 Å². The van der Waals surface area contributed by atoms with E-state index >= 15 is 0 Å². The van der Waals surface area contributed by atoms with E-state index in [1.807, 2.05) is 33.3 Å². The van der Waals surface area contributed by atoms with Crippen molar-refractivity contribution < 1.29 is 37.3 Å². The van der Waals surface area contributed by atoms with Crippen LogP contribution in [0.2, 0.25) is 0 Å². The van der Waals surface area contributed by atoms with E-state index in [1.54, 1.807) is 0 Å². The molecule has 0 bridgehead atoms. The number of rotatable bonds is 64. The summed E-state index contributed by atoms with van der Waals surface area (Å²) in [7, 11) is 1.49. The quantitative estimate of drug-likeness (QED) is 0.0205. The van der Waals surface area contributed by atoms with Crippen LogP contribution in [0.25, 0.3) is 0 Å². The van der Waals surface area contributed by atoms with Gasteiger partial charge in [-0.15, -0.1) is 0 Å². The molecule has 2 N–H and O–H groups in total. The normalized spacial score (nSPS) is 14.0. The Kier molecular flexibility index (Phi) is 60.6. The average Bonchev–Trinajstić information content (AvgIpc) is 3.46. The number of allylic oxidation sites excluding steroid dienone is 11. The summed E-state index contributed by atoms with van der Waals surface area (Å²) in [6, 6.07) is -0.861. The molecule has 83 heavy (non-hydrogen) atoms. The number of hydrogen-bond donors (Lipinski definition) is 2. The number of unbranched alkanes of at least 4 members (excludes halogenated alkanes) is 38. The molecule has 0 rings (SSSR count). The largest absolute Gasteiger partial charge is 0.472 e. The lowest BCUT2D eigenvalue weighted by atomic mass is 10.0. The van der Waals surface area contributed by atoms with E-state index in [1.165, 1.54) is 186 Å². The number of hydrogen-bond acceptors (Lipinski definition) is 6. The summed E-state index contributed by atoms with van der Waals surface area (Å²) in [6.07, 6.45) is 82.0. The van der Waals surface area contributed by atoms with Crippen LogP contribution >= 0.6 is 7.82 Å². The second-order valence-electron chi connectivity index (χ2n) is 25.0. The van der Waals surface area contributed by atoms with E-state index in [4.69, 9.17) is 13.8 Å². The number of quaternary nitrogens is 1. The van der Waals surface area contributed by atoms with Crippen molar-refractivity contribution in [1.82, 2.24) is 5.32 Å². The van der Waals surface area contributed by atoms with Crippen molar-refractivity contribution in [2.75, 3.05) is 40.9 Å². The van der Waals surface area contributed by atoms with Gasteiger partial charge in [-0.1, -0.05) is 312 Å². The van der Waals surface area contributed by atoms with Crippen LogP contribution in [0, 0.1) is 0 Å². The van der Waals surface area contributed by atoms with Gasteiger partial charge in [0.1, 0.15) is 19.3 Å². The molecule has 0 aliphatic heterocycles. The van der Waals surface area contributed by atoms with Crippen LogP contribution in [0.4, 0.5) is 0 Å². The summed E-state index contributed by atoms with van der Waals surface area (Å²) in [5.41, 5.74) is 0. The molecule has 0 aromatic heterocycles. The van der Waals surface area contributed by atoms with Crippen LogP contribution in [-0.2, 0) is 27.9 Å². The molecular weight excluding hydrogens is 1050 g/mol. The standard InChI is InChI=1S/C73H135N2O7P/c1-7-10-13-16-19-22-25-28-30-32-34-36-37-39-41-43-45-48-51-54-57-60-63-66-73(77)82-71(64-61-58-55-52-49-46-27-24-21-18-15-12-9-3)70(69-81-83(78,79)80-68-67-75(4,5)6)74-72(76)65-62-59-56-53-50-47-44-42-40-38-35-33-31-29-26-23-20-17-14-11-8-2/h11,14,20,23,29,31,35,38,42,44,61,64,70-71H,7-10,12-13,15-19,21-22,24-28,30,32-34,36-37,39-41,43,45-60,62-63,65-69H2,1-6H3,(H-,74,76,78,79)/p+1/b14-11-,23-20-,31-29-,38-35-,44-42-,64-61+. The minimum atomic E-state index is -4.46. The predicted octanol–water partition coefficient (Wildman–Crippen LogP) is 22.3. The number of amides is 1. The number of phosphoric ester groups is 1. The van der Waals surface area contributed by atoms with Crippen LogP contribution in [0.5, 0.6) is 0 Å². The number of phosphoric acid groups is 1. The lowest BCUT2D eigenvalue weighted by Gasteiger charge is -2.27. The second kappa shape index (κ2) is 62.5. The van der Waals surface area contributed by atoms with Gasteiger partial charge in [0.15, 0.2) is 0 Å². The molecule has 0 aliphatic carbocycles. The highest BCUT2D eigenvalue weighted by molar-refractivity contribution is 7.47. The highest BCUT2D eigenvalue weighted by atomic mass is 31.2. The van der Waals surface area contributed by atoms with E-state index in [2.05, 4.69) is 86.8 Å². The summed E-state index contributed by atoms with van der Waals surface area (Å²) in [4.78, 5) is 37.9. The molecule has 10 heteroatoms. The topological polar surface area (TPSA) is 111 Å². The van der Waals surface area contributed by atoms with Gasteiger partial charge in [0.2, 0.25) is 5.91 Å². The zero-order chi connectivity index (χ0) is 60.7. The van der Waals surface area contributed by atoms with Crippen LogP contribution in [0.15, 0.2) is 72.9 Å². The fourth-order valence-electron chi connectivity index (χ4n) is 10.3. The molecule has 0 saturated carbocycles. The maximum absolute atomic E-state index is 13.6. The SMILES string of the molecule is CC/C=C\C/C=C\C/C=C\C/C=C\C/C=C\CCCCCCCC(=O)NC(COP(=O)(O)OCC[N+](C)(C)C)C(/C=C/CCCCCCCCCCCCC)OC(=O)CCCCCCCCCCCCCCCCCCCCCCCCC. The fraction of sp³-hybridized carbons (Fsp3) is 0.808. The number of esters is 1. The Balaban J connectivity index is 5.15. The number of carbonyl (C=O) groups excluding carboxylic acids is 2. The van der Waals surface area contributed by atoms with Gasteiger partial charge < -0.3 is 19.4 Å². The third-order valence-corrected chi connectivity index (χ3v) is 16.6. The predicted molar refractivity (Wildman–Crippen MR) is 360 cm³/mol. The number of nitrogens with one attached hydrogen (secondary N) is 1. The lowest BCUT2D eigenvalue weighted by Crippen LogP contribution is -2.47. The first-order chi connectivity index (χ1) is 40.4. The summed E-state index contributed by atoms with van der Waals surface area (Å²) >= 11 is 0. The molecule has 9 nitrogen and oxygen atoms in total. The van der Waals surface area contributed by atoms with Gasteiger partial charge in [-0.3, -0.25) is 18.6 Å². The molecule has 484 valence electrons. The summed E-state index contributed by atoms with van der Waals surface area (Å²) < 4.78 is 30.8. The van der Waals surface area contributed by atoms with Gasteiger partial charge in [0, 0.05) is 12.8 Å². The van der Waals surface area contributed by atoms with E-state index in [0.717, 1.165) is 109 Å². The van der Waals surface area contributed by atoms with Crippen LogP contribution < -0.4 is 5.32 Å². The first-order valence-corrected chi connectivity index (χ1v) is 36.8. The van der Waals surface area contributed by atoms with Gasteiger partial charge in [0.05, 0.1) is 33.8 Å². The van der Waals surface area contributed by atoms with Crippen molar-refractivity contribution in [3.63, 3.8) is 0 Å². The molecule has 0 fully saturated rings. The second-order valence-corrected chi connectivity index (χ2v) is 26.5. The molecule has 0 aliphatic rings. The number of nitrogens with zero attached hydrogens (tertiary/aromatic N) is 1. The molecule has 1 amide bonds. The maximum atomic E-state index is 13.6. The lowest BCUT2D eigenvalue weighted by molar-refractivity contribution is -0.870. The monoisotopic (exact) mass is 1180 g/mol. The Morgan fingerprint density at radius 1 is 0.434 bits per heavy atom. The Hall–Kier alpha value is -2.55. The van der Waals surface area contributed by atoms with Crippen molar-refractivity contribution in [3.8, 4) is 0 Å². The zero-order valence-electron chi connectivity index (χ0n) is 55.4. The third-order valence-electron chi connectivity index (χ3n) is 15.7. The van der Waals surface area contributed by atoms with Gasteiger partial charge in [-0.25, -0.2) is 4.57 Å². The molecule has 0 saturated heterocycles. The van der Waals surface area contributed by atoms with Gasteiger partial charge >= 0.3 is 13.8 Å². The van der Waals surface area contributed by atoms with Crippen LogP contribution in [0.3, 0.4) is 0 Å². The summed E-state index contributed by atoms with van der Waals surface area (Å²) in [5, 5.41) is 3.06. The highest BCUT2D eigenvalue weighted by Gasteiger charge is 2.30. The molecule has 3 unspecified atom stereocenters. The first-order valence-electron chi connectivity index (χ1n) is 35.3. The zero-order valence-corrected chi connectivity index (χ0v) is 56.3. The van der Waals surface area contributed by atoms with Crippen LogP contribution in [0.1, 0.15) is 329 Å². The Labute approximate surface area is 514 Å². The van der Waals surface area contributed by atoms with Gasteiger partial charge in [0.25, 0.3) is 0 Å². The molecule has 0 aromatic rings. The maximum Gasteiger partial charge on any atom is 0.472 e. The average molecular weight is 1180 g/mol. The van der Waals surface area contributed by atoms with Crippen molar-refractivity contribution in [2.45, 2.75) is 341 Å². The number of carbonyl (C=O) groups is 2. The van der Waals surface area contributed by atoms with Crippen molar-refractivity contribution in [2.24, 2.45) is 0 Å². The van der Waals surface area contributed by atoms with E-state index in [-0.39, 0.29) is 31.5 Å². The molecule has 0 radical (unpaired) electrons. The smallest absolute Gasteiger partial charge is 0.456 e. The van der Waals surface area contributed by atoms with Crippen molar-refractivity contribution in [1.29, 1.82) is 0 Å². The van der Waals surface area contributed by atoms with Gasteiger partial charge in [-0.2, -0.15) is 0 Å². The summed E-state index contributed by atoms with van der Waals surface area (Å²) in [6.45, 7) is 6.93. The van der Waals surface area contributed by atoms with Gasteiger partial charge in [-0.05, 0) is 76.7 Å². The molecular formula is C73H136N2O7P+. The first kappa shape index (κ1) is 80.5. The fourth-order valence-corrected chi connectivity index (χ4v) is 11.0. The third kappa shape index (κ3) is 63.8. The Bertz CT molecular complexity index is 1650. The molecule has 3 atom stereocenters. The van der Waals surface area contributed by atoms with Crippen molar-refractivity contribution in [3.05, 3.63) is 72.9 Å². The molecule has 0 heterocycles. The number of likely N-dealkylation sites (N-methyl/N-ethyl adjacent to an activating group) is 1. The van der Waals surface area contributed by atoms with E-state index in [0.29, 0.717) is 17.4 Å². The van der Waals surface area contributed by atoms with E-state index < -0.39 is 20.0 Å². The Morgan fingerprint density at radius 3 is 1.16 bits per heavy atom. The van der Waals surface area contributed by atoms with Crippen molar-refractivity contribution >= 4 is 19.7 Å². The minimum absolute atomic E-state index is 0.0352. The molecule has 0 aromatic carbocycles. The summed E-state index contributed by atoms with van der Waals surface area (Å²) in [5.74, 6) is -0.515. The minimum Gasteiger partial charge on any atom is -0.456 e. The van der Waals surface area contributed by atoms with Crippen LogP contribution in [-0.4, -0.2) is 74.3 Å².